The van der Waals surface area contributed by atoms with Crippen LogP contribution in [0.2, 0.25) is 0 Å². The number of carbonyl (C=O) groups excluding carboxylic acids is 1. The van der Waals surface area contributed by atoms with Crippen LogP contribution in [0.3, 0.4) is 0 Å². The first-order valence-corrected chi connectivity index (χ1v) is 13.5. The van der Waals surface area contributed by atoms with Crippen molar-refractivity contribution in [3.8, 4) is 22.7 Å². The summed E-state index contributed by atoms with van der Waals surface area (Å²) in [6.45, 7) is -0.470. The number of ether oxygens (including phenoxy) is 1. The molecule has 0 saturated carbocycles. The number of aliphatic hydroxyl groups is 1. The van der Waals surface area contributed by atoms with E-state index in [1.807, 2.05) is 37.2 Å². The van der Waals surface area contributed by atoms with Gasteiger partial charge in [0.15, 0.2) is 12.4 Å². The smallest absolute Gasteiger partial charge is 0.293 e. The first-order valence-electron chi connectivity index (χ1n) is 13.5. The highest BCUT2D eigenvalue weighted by molar-refractivity contribution is 5.85. The highest BCUT2D eigenvalue weighted by Gasteiger charge is 2.17. The lowest BCUT2D eigenvalue weighted by atomic mass is 10.0. The molecule has 2 aromatic heterocycles. The minimum Gasteiger partial charge on any atom is -0.484 e. The number of aromatic nitrogens is 3. The summed E-state index contributed by atoms with van der Waals surface area (Å²) in [5.41, 5.74) is 3.02. The SMILES string of the molecule is CNC(=O)COc1ccc(Nc2nc(-c3cccc(-n4ccc5cc(N(C)C)ccc5c4=O)c3CO)cn(C)c2=O)cc1. The van der Waals surface area contributed by atoms with Gasteiger partial charge in [0.1, 0.15) is 5.75 Å². The number of fused-ring (bicyclic) bond motifs is 1. The van der Waals surface area contributed by atoms with Crippen molar-refractivity contribution in [2.45, 2.75) is 6.61 Å². The van der Waals surface area contributed by atoms with Crippen LogP contribution in [-0.2, 0) is 18.4 Å². The molecule has 0 radical (unpaired) electrons. The van der Waals surface area contributed by atoms with Crippen molar-refractivity contribution < 1.29 is 14.6 Å². The number of hydrogen-bond acceptors (Lipinski definition) is 8. The molecule has 220 valence electrons. The summed E-state index contributed by atoms with van der Waals surface area (Å²) >= 11 is 0. The van der Waals surface area contributed by atoms with Crippen molar-refractivity contribution in [1.82, 2.24) is 19.4 Å². The maximum atomic E-state index is 13.6. The molecule has 11 nitrogen and oxygen atoms in total. The van der Waals surface area contributed by atoms with Gasteiger partial charge in [0.05, 0.1) is 18.0 Å². The van der Waals surface area contributed by atoms with E-state index in [0.29, 0.717) is 39.3 Å². The molecule has 5 rings (SSSR count). The molecule has 3 N–H and O–H groups in total. The zero-order chi connectivity index (χ0) is 30.7. The third-order valence-electron chi connectivity index (χ3n) is 7.09. The van der Waals surface area contributed by atoms with Crippen molar-refractivity contribution in [2.75, 3.05) is 38.0 Å². The van der Waals surface area contributed by atoms with E-state index in [9.17, 15) is 19.5 Å². The van der Waals surface area contributed by atoms with Gasteiger partial charge in [-0.1, -0.05) is 12.1 Å². The molecule has 0 aliphatic carbocycles. The Kier molecular flexibility index (Phi) is 8.26. The lowest BCUT2D eigenvalue weighted by molar-refractivity contribution is -0.122. The number of pyridine rings is 1. The lowest BCUT2D eigenvalue weighted by Gasteiger charge is -2.17. The van der Waals surface area contributed by atoms with E-state index >= 15 is 0 Å². The van der Waals surface area contributed by atoms with Gasteiger partial charge in [0.25, 0.3) is 17.0 Å². The van der Waals surface area contributed by atoms with Crippen molar-refractivity contribution >= 4 is 33.9 Å². The monoisotopic (exact) mass is 580 g/mol. The summed E-state index contributed by atoms with van der Waals surface area (Å²) in [6.07, 6.45) is 3.29. The molecule has 5 aromatic rings. The summed E-state index contributed by atoms with van der Waals surface area (Å²) in [5.74, 6) is 0.324. The van der Waals surface area contributed by atoms with Gasteiger partial charge in [0.2, 0.25) is 0 Å². The largest absolute Gasteiger partial charge is 0.484 e. The molecular formula is C32H32N6O5. The molecule has 0 bridgehead atoms. The standard InChI is InChI=1S/C32H32N6O5/c1-33-29(40)19-43-23-11-8-21(9-12-23)34-30-32(42)37(4)17-27(35-30)25-6-5-7-28(26(25)18-39)38-15-14-20-16-22(36(2)3)10-13-24(20)31(38)41/h5-17,39H,18-19H2,1-4H3,(H,33,40)(H,34,35). The average molecular weight is 581 g/mol. The predicted octanol–water partition coefficient (Wildman–Crippen LogP) is 3.18. The summed E-state index contributed by atoms with van der Waals surface area (Å²) in [7, 11) is 7.03. The number of carbonyl (C=O) groups is 1. The minimum atomic E-state index is -0.361. The van der Waals surface area contributed by atoms with E-state index in [2.05, 4.69) is 15.6 Å². The van der Waals surface area contributed by atoms with E-state index in [1.54, 1.807) is 68.0 Å². The Bertz CT molecular complexity index is 1930. The van der Waals surface area contributed by atoms with Gasteiger partial charge in [-0.15, -0.1) is 0 Å². The summed E-state index contributed by atoms with van der Waals surface area (Å²) in [6, 6.07) is 19.6. The van der Waals surface area contributed by atoms with Gasteiger partial charge in [-0.2, -0.15) is 0 Å². The van der Waals surface area contributed by atoms with Crippen LogP contribution in [-0.4, -0.2) is 52.9 Å². The van der Waals surface area contributed by atoms with Crippen molar-refractivity contribution in [3.05, 3.63) is 105 Å². The minimum absolute atomic E-state index is 0.0768. The zero-order valence-corrected chi connectivity index (χ0v) is 24.3. The molecule has 0 saturated heterocycles. The highest BCUT2D eigenvalue weighted by Crippen LogP contribution is 2.28. The molecule has 3 aromatic carbocycles. The Morgan fingerprint density at radius 1 is 1.02 bits per heavy atom. The van der Waals surface area contributed by atoms with Gasteiger partial charge in [0, 0.05) is 68.5 Å². The number of aryl methyl sites for hydroxylation is 1. The second kappa shape index (κ2) is 12.2. The van der Waals surface area contributed by atoms with Gasteiger partial charge >= 0.3 is 0 Å². The number of anilines is 3. The fourth-order valence-corrected chi connectivity index (χ4v) is 4.72. The van der Waals surface area contributed by atoms with Gasteiger partial charge in [-0.25, -0.2) is 4.98 Å². The average Bonchev–Trinajstić information content (AvgIpc) is 3.02. The van der Waals surface area contributed by atoms with E-state index in [0.717, 1.165) is 11.1 Å². The zero-order valence-electron chi connectivity index (χ0n) is 24.3. The molecule has 0 spiro atoms. The summed E-state index contributed by atoms with van der Waals surface area (Å²) in [5, 5.41) is 17.4. The number of nitrogens with zero attached hydrogens (tertiary/aromatic N) is 4. The second-order valence-electron chi connectivity index (χ2n) is 10.1. The molecule has 1 amide bonds. The third kappa shape index (κ3) is 5.97. The maximum Gasteiger partial charge on any atom is 0.293 e. The van der Waals surface area contributed by atoms with Crippen LogP contribution in [0.25, 0.3) is 27.7 Å². The number of rotatable bonds is 9. The van der Waals surface area contributed by atoms with Crippen LogP contribution in [0.15, 0.2) is 88.7 Å². The number of benzene rings is 3. The Hall–Kier alpha value is -5.42. The van der Waals surface area contributed by atoms with Crippen LogP contribution in [0.4, 0.5) is 17.2 Å². The van der Waals surface area contributed by atoms with E-state index < -0.39 is 0 Å². The van der Waals surface area contributed by atoms with Crippen LogP contribution < -0.4 is 31.4 Å². The van der Waals surface area contributed by atoms with Crippen molar-refractivity contribution in [3.63, 3.8) is 0 Å². The van der Waals surface area contributed by atoms with Crippen LogP contribution in [0.1, 0.15) is 5.56 Å². The third-order valence-corrected chi connectivity index (χ3v) is 7.09. The van der Waals surface area contributed by atoms with E-state index in [1.165, 1.54) is 16.2 Å². The molecule has 11 heteroatoms. The van der Waals surface area contributed by atoms with E-state index in [4.69, 9.17) is 4.74 Å². The molecule has 2 heterocycles. The van der Waals surface area contributed by atoms with Crippen LogP contribution >= 0.6 is 0 Å². The second-order valence-corrected chi connectivity index (χ2v) is 10.1. The Labute approximate surface area is 247 Å². The highest BCUT2D eigenvalue weighted by atomic mass is 16.5. The molecule has 0 aliphatic rings. The maximum absolute atomic E-state index is 13.6. The fourth-order valence-electron chi connectivity index (χ4n) is 4.72. The molecule has 0 unspecified atom stereocenters. The summed E-state index contributed by atoms with van der Waals surface area (Å²) < 4.78 is 8.35. The van der Waals surface area contributed by atoms with Gasteiger partial charge < -0.3 is 29.9 Å². The molecule has 0 fully saturated rings. The number of amides is 1. The Balaban J connectivity index is 1.51. The molecule has 0 aliphatic heterocycles. The van der Waals surface area contributed by atoms with Gasteiger partial charge in [-0.05, 0) is 60.0 Å². The number of hydrogen-bond donors (Lipinski definition) is 3. The molecular weight excluding hydrogens is 548 g/mol. The van der Waals surface area contributed by atoms with Crippen molar-refractivity contribution in [1.29, 1.82) is 0 Å². The van der Waals surface area contributed by atoms with E-state index in [-0.39, 0.29) is 36.1 Å². The first-order chi connectivity index (χ1) is 20.7. The predicted molar refractivity (Wildman–Crippen MR) is 168 cm³/mol. The van der Waals surface area contributed by atoms with Crippen LogP contribution in [0, 0.1) is 0 Å². The normalized spacial score (nSPS) is 10.9. The number of nitrogens with one attached hydrogen (secondary N) is 2. The molecule has 0 atom stereocenters. The van der Waals surface area contributed by atoms with Crippen LogP contribution in [0.5, 0.6) is 5.75 Å². The number of aliphatic hydroxyl groups excluding tert-OH is 1. The summed E-state index contributed by atoms with van der Waals surface area (Å²) in [4.78, 5) is 44.6. The Morgan fingerprint density at radius 3 is 2.49 bits per heavy atom. The van der Waals surface area contributed by atoms with Crippen molar-refractivity contribution in [2.24, 2.45) is 7.05 Å². The van der Waals surface area contributed by atoms with Gasteiger partial charge in [-0.3, -0.25) is 19.0 Å². The molecule has 43 heavy (non-hydrogen) atoms. The first kappa shape index (κ1) is 29.1. The lowest BCUT2D eigenvalue weighted by Crippen LogP contribution is -2.24. The number of likely N-dealkylation sites (N-methyl/N-ethyl adjacent to an activating group) is 1. The Morgan fingerprint density at radius 2 is 1.79 bits per heavy atom. The quantitative estimate of drug-likeness (QED) is 0.242. The topological polar surface area (TPSA) is 131 Å². The fraction of sp³-hybridized carbons (Fsp3) is 0.188.